The fourth-order valence-electron chi connectivity index (χ4n) is 1.37. The van der Waals surface area contributed by atoms with Crippen molar-refractivity contribution in [2.45, 2.75) is 0 Å². The Kier molecular flexibility index (Phi) is 4.04. The molecule has 16 heavy (non-hydrogen) atoms. The second-order valence-electron chi connectivity index (χ2n) is 2.99. The van der Waals surface area contributed by atoms with Crippen LogP contribution in [0.1, 0.15) is 20.7 Å². The molecule has 0 radical (unpaired) electrons. The summed E-state index contributed by atoms with van der Waals surface area (Å²) in [6, 6.07) is 0. The Morgan fingerprint density at radius 1 is 0.750 bits per heavy atom. The minimum Gasteiger partial charge on any atom is -0.267 e. The molecule has 0 bridgehead atoms. The van der Waals surface area contributed by atoms with E-state index in [0.29, 0.717) is 16.1 Å². The lowest BCUT2D eigenvalue weighted by atomic mass is 10.1. The van der Waals surface area contributed by atoms with Crippen molar-refractivity contribution in [2.24, 2.45) is 5.84 Å². The fraction of sp³-hybridized carbons (Fsp3) is 0. The van der Waals surface area contributed by atoms with E-state index in [0.717, 1.165) is 14.3 Å². The standard InChI is InChI=1S/C8H2I4N2O2/c9-3-1-2(4(10)6(12)5(3)11)8(16)14(13)7(1)15/h13H2. The number of nitrogens with zero attached hydrogens (tertiary/aromatic N) is 1. The Balaban J connectivity index is 2.91. The van der Waals surface area contributed by atoms with Crippen molar-refractivity contribution in [3.05, 3.63) is 25.4 Å². The van der Waals surface area contributed by atoms with E-state index in [4.69, 9.17) is 5.84 Å². The molecule has 8 heteroatoms. The molecule has 1 aliphatic heterocycles. The largest absolute Gasteiger partial charge is 0.277 e. The fourth-order valence-corrected chi connectivity index (χ4v) is 5.02. The third-order valence-corrected chi connectivity index (χ3v) is 9.54. The lowest BCUT2D eigenvalue weighted by molar-refractivity contribution is 0.0653. The van der Waals surface area contributed by atoms with Gasteiger partial charge < -0.3 is 0 Å². The average Bonchev–Trinajstić information content (AvgIpc) is 2.48. The number of rotatable bonds is 0. The number of nitrogens with two attached hydrogens (primary N) is 1. The van der Waals surface area contributed by atoms with Gasteiger partial charge in [0.25, 0.3) is 11.8 Å². The summed E-state index contributed by atoms with van der Waals surface area (Å²) in [5, 5.41) is 0.682. The van der Waals surface area contributed by atoms with Crippen molar-refractivity contribution in [2.75, 3.05) is 0 Å². The van der Waals surface area contributed by atoms with Crippen molar-refractivity contribution in [1.29, 1.82) is 0 Å². The number of carbonyl (C=O) groups is 2. The van der Waals surface area contributed by atoms with Crippen LogP contribution in [-0.2, 0) is 0 Å². The van der Waals surface area contributed by atoms with E-state index < -0.39 is 11.8 Å². The van der Waals surface area contributed by atoms with Crippen LogP contribution in [0, 0.1) is 14.3 Å². The van der Waals surface area contributed by atoms with Crippen molar-refractivity contribution < 1.29 is 9.59 Å². The molecular weight excluding hydrogens is 664 g/mol. The lowest BCUT2D eigenvalue weighted by Gasteiger charge is -2.07. The van der Waals surface area contributed by atoms with Crippen LogP contribution in [0.5, 0.6) is 0 Å². The molecule has 0 saturated carbocycles. The van der Waals surface area contributed by atoms with Crippen molar-refractivity contribution in [3.63, 3.8) is 0 Å². The van der Waals surface area contributed by atoms with Gasteiger partial charge in [-0.15, -0.1) is 0 Å². The summed E-state index contributed by atoms with van der Waals surface area (Å²) in [5.74, 6) is 4.59. The van der Waals surface area contributed by atoms with Crippen LogP contribution in [-0.4, -0.2) is 16.8 Å². The molecule has 0 fully saturated rings. The normalized spacial score (nSPS) is 14.7. The molecule has 84 valence electrons. The quantitative estimate of drug-likeness (QED) is 0.116. The number of imide groups is 1. The van der Waals surface area contributed by atoms with Crippen LogP contribution < -0.4 is 5.84 Å². The molecule has 1 aromatic rings. The molecule has 1 aromatic carbocycles. The zero-order chi connectivity index (χ0) is 12.2. The Morgan fingerprint density at radius 2 is 1.06 bits per heavy atom. The number of carbonyl (C=O) groups excluding carboxylic acids is 2. The van der Waals surface area contributed by atoms with Gasteiger partial charge in [-0.25, -0.2) is 10.9 Å². The first-order valence-corrected chi connectivity index (χ1v) is 8.18. The minimum absolute atomic E-state index is 0.420. The molecule has 0 saturated heterocycles. The van der Waals surface area contributed by atoms with Crippen LogP contribution in [0.2, 0.25) is 0 Å². The molecule has 1 heterocycles. The van der Waals surface area contributed by atoms with E-state index in [-0.39, 0.29) is 0 Å². The summed E-state index contributed by atoms with van der Waals surface area (Å²) in [6.07, 6.45) is 0. The second-order valence-corrected chi connectivity index (χ2v) is 7.30. The molecular formula is C8H2I4N2O2. The second kappa shape index (κ2) is 4.73. The maximum absolute atomic E-state index is 11.8. The van der Waals surface area contributed by atoms with Crippen molar-refractivity contribution >= 4 is 102 Å². The monoisotopic (exact) mass is 666 g/mol. The first-order chi connectivity index (χ1) is 7.37. The zero-order valence-corrected chi connectivity index (χ0v) is 16.0. The number of amides is 2. The van der Waals surface area contributed by atoms with E-state index in [9.17, 15) is 9.59 Å². The maximum Gasteiger partial charge on any atom is 0.277 e. The number of fused-ring (bicyclic) bond motifs is 1. The highest BCUT2D eigenvalue weighted by atomic mass is 127. The van der Waals surface area contributed by atoms with Gasteiger partial charge in [0.05, 0.1) is 11.1 Å². The van der Waals surface area contributed by atoms with Crippen molar-refractivity contribution in [3.8, 4) is 0 Å². The molecule has 0 unspecified atom stereocenters. The summed E-state index contributed by atoms with van der Waals surface area (Å²) < 4.78 is 3.56. The topological polar surface area (TPSA) is 63.4 Å². The number of benzene rings is 1. The minimum atomic E-state index is -0.420. The van der Waals surface area contributed by atoms with Crippen LogP contribution in [0.15, 0.2) is 0 Å². The number of hydrogen-bond acceptors (Lipinski definition) is 3. The number of hydrogen-bond donors (Lipinski definition) is 1. The highest BCUT2D eigenvalue weighted by Crippen LogP contribution is 2.36. The van der Waals surface area contributed by atoms with E-state index in [1.807, 2.05) is 0 Å². The molecule has 0 aliphatic carbocycles. The van der Waals surface area contributed by atoms with E-state index in [1.165, 1.54) is 0 Å². The van der Waals surface area contributed by atoms with E-state index in [2.05, 4.69) is 90.4 Å². The molecule has 0 aromatic heterocycles. The van der Waals surface area contributed by atoms with Gasteiger partial charge in [-0.3, -0.25) is 9.59 Å². The zero-order valence-electron chi connectivity index (χ0n) is 7.35. The SMILES string of the molecule is NN1C(=O)c2c(I)c(I)c(I)c(I)c2C1=O. The Bertz CT molecular complexity index is 497. The van der Waals surface area contributed by atoms with Gasteiger partial charge >= 0.3 is 0 Å². The van der Waals surface area contributed by atoms with Gasteiger partial charge in [0.2, 0.25) is 0 Å². The number of hydrazine groups is 1. The molecule has 2 N–H and O–H groups in total. The van der Waals surface area contributed by atoms with Crippen LogP contribution in [0.4, 0.5) is 0 Å². The lowest BCUT2D eigenvalue weighted by Crippen LogP contribution is -2.36. The molecule has 0 atom stereocenters. The molecule has 2 rings (SSSR count). The Morgan fingerprint density at radius 3 is 1.38 bits per heavy atom. The molecule has 1 aliphatic rings. The third-order valence-electron chi connectivity index (χ3n) is 2.13. The average molecular weight is 666 g/mol. The maximum atomic E-state index is 11.8. The molecule has 4 nitrogen and oxygen atoms in total. The predicted octanol–water partition coefficient (Wildman–Crippen LogP) is 2.57. The summed E-state index contributed by atoms with van der Waals surface area (Å²) in [4.78, 5) is 23.6. The smallest absolute Gasteiger partial charge is 0.267 e. The van der Waals surface area contributed by atoms with Crippen LogP contribution in [0.3, 0.4) is 0 Å². The third kappa shape index (κ3) is 1.82. The van der Waals surface area contributed by atoms with Gasteiger partial charge in [0.1, 0.15) is 0 Å². The number of halogens is 4. The van der Waals surface area contributed by atoms with E-state index in [1.54, 1.807) is 0 Å². The predicted molar refractivity (Wildman–Crippen MR) is 92.0 cm³/mol. The van der Waals surface area contributed by atoms with Crippen LogP contribution in [0.25, 0.3) is 0 Å². The summed E-state index contributed by atoms with van der Waals surface area (Å²) in [6.45, 7) is 0. The van der Waals surface area contributed by atoms with Gasteiger partial charge in [-0.2, -0.15) is 0 Å². The first kappa shape index (κ1) is 13.7. The van der Waals surface area contributed by atoms with Gasteiger partial charge in [-0.1, -0.05) is 0 Å². The summed E-state index contributed by atoms with van der Waals surface area (Å²) >= 11 is 8.49. The molecule has 2 amide bonds. The highest BCUT2D eigenvalue weighted by molar-refractivity contribution is 14.1. The van der Waals surface area contributed by atoms with Gasteiger partial charge in [-0.05, 0) is 90.4 Å². The van der Waals surface area contributed by atoms with E-state index >= 15 is 0 Å². The molecule has 0 spiro atoms. The van der Waals surface area contributed by atoms with Crippen molar-refractivity contribution in [1.82, 2.24) is 5.01 Å². The highest BCUT2D eigenvalue weighted by Gasteiger charge is 2.39. The Hall–Kier alpha value is 1.24. The Labute approximate surface area is 146 Å². The van der Waals surface area contributed by atoms with Gasteiger partial charge in [0, 0.05) is 14.3 Å². The van der Waals surface area contributed by atoms with Crippen LogP contribution >= 0.6 is 90.4 Å². The summed E-state index contributed by atoms with van der Waals surface area (Å²) in [7, 11) is 0. The first-order valence-electron chi connectivity index (χ1n) is 3.87. The summed E-state index contributed by atoms with van der Waals surface area (Å²) in [5.41, 5.74) is 0.865. The van der Waals surface area contributed by atoms with Gasteiger partial charge in [0.15, 0.2) is 0 Å².